The van der Waals surface area contributed by atoms with E-state index in [1.807, 2.05) is 11.1 Å². The first kappa shape index (κ1) is 16.8. The zero-order chi connectivity index (χ0) is 17.9. The zero-order valence-corrected chi connectivity index (χ0v) is 15.0. The number of nitrogens with zero attached hydrogens (tertiary/aromatic N) is 4. The number of rotatable bonds is 4. The van der Waals surface area contributed by atoms with Gasteiger partial charge in [0.1, 0.15) is 5.82 Å². The summed E-state index contributed by atoms with van der Waals surface area (Å²) in [6.45, 7) is 2.62. The maximum atomic E-state index is 12.7. The molecule has 1 saturated heterocycles. The lowest BCUT2D eigenvalue weighted by Crippen LogP contribution is -2.38. The summed E-state index contributed by atoms with van der Waals surface area (Å²) in [6, 6.07) is 8.99. The van der Waals surface area contributed by atoms with Crippen LogP contribution in [0.2, 0.25) is 0 Å². The van der Waals surface area contributed by atoms with Crippen LogP contribution in [0, 0.1) is 17.2 Å². The van der Waals surface area contributed by atoms with Crippen molar-refractivity contribution >= 4 is 5.91 Å². The molecule has 5 heteroatoms. The average Bonchev–Trinajstić information content (AvgIpc) is 3.13. The quantitative estimate of drug-likeness (QED) is 0.848. The Morgan fingerprint density at radius 3 is 2.50 bits per heavy atom. The van der Waals surface area contributed by atoms with Crippen molar-refractivity contribution < 1.29 is 4.79 Å². The van der Waals surface area contributed by atoms with Crippen LogP contribution in [0.4, 0.5) is 0 Å². The standard InChI is InChI=1S/C21H24N4O/c22-14-16-4-6-19(7-5-16)21(26)24-11-8-18(9-12-24)20-23-10-13-25(20)15-17-2-1-3-17/h4-7,10,13,17-18H,1-3,8-9,11-12,15H2. The molecule has 0 atom stereocenters. The summed E-state index contributed by atoms with van der Waals surface area (Å²) in [7, 11) is 0. The van der Waals surface area contributed by atoms with Gasteiger partial charge in [-0.25, -0.2) is 4.98 Å². The van der Waals surface area contributed by atoms with E-state index in [-0.39, 0.29) is 5.91 Å². The van der Waals surface area contributed by atoms with Crippen LogP contribution in [0.5, 0.6) is 0 Å². The summed E-state index contributed by atoms with van der Waals surface area (Å²) in [6.07, 6.45) is 10.0. The van der Waals surface area contributed by atoms with Gasteiger partial charge in [-0.2, -0.15) is 5.26 Å². The summed E-state index contributed by atoms with van der Waals surface area (Å²) in [4.78, 5) is 19.2. The molecular weight excluding hydrogens is 324 g/mol. The highest BCUT2D eigenvalue weighted by Gasteiger charge is 2.28. The largest absolute Gasteiger partial charge is 0.339 e. The van der Waals surface area contributed by atoms with Crippen LogP contribution in [0.1, 0.15) is 59.8 Å². The first-order valence-corrected chi connectivity index (χ1v) is 9.55. The maximum Gasteiger partial charge on any atom is 0.253 e. The summed E-state index contributed by atoms with van der Waals surface area (Å²) in [5, 5.41) is 8.88. The topological polar surface area (TPSA) is 61.9 Å². The van der Waals surface area contributed by atoms with Crippen LogP contribution in [-0.2, 0) is 6.54 Å². The fraction of sp³-hybridized carbons (Fsp3) is 0.476. The second-order valence-corrected chi connectivity index (χ2v) is 7.49. The van der Waals surface area contributed by atoms with Crippen molar-refractivity contribution in [2.45, 2.75) is 44.6 Å². The Kier molecular flexibility index (Phi) is 4.75. The minimum Gasteiger partial charge on any atom is -0.339 e. The zero-order valence-electron chi connectivity index (χ0n) is 15.0. The molecule has 1 amide bonds. The van der Waals surface area contributed by atoms with Gasteiger partial charge in [0.15, 0.2) is 0 Å². The monoisotopic (exact) mass is 348 g/mol. The number of benzene rings is 1. The molecule has 1 aliphatic carbocycles. The van der Waals surface area contributed by atoms with Gasteiger partial charge in [-0.05, 0) is 55.9 Å². The number of carbonyl (C=O) groups is 1. The number of likely N-dealkylation sites (tertiary alicyclic amines) is 1. The fourth-order valence-corrected chi connectivity index (χ4v) is 4.00. The summed E-state index contributed by atoms with van der Waals surface area (Å²) in [5.41, 5.74) is 1.24. The van der Waals surface area contributed by atoms with Gasteiger partial charge in [0, 0.05) is 43.5 Å². The maximum absolute atomic E-state index is 12.7. The van der Waals surface area contributed by atoms with Crippen LogP contribution >= 0.6 is 0 Å². The molecule has 0 N–H and O–H groups in total. The lowest BCUT2D eigenvalue weighted by Gasteiger charge is -2.33. The van der Waals surface area contributed by atoms with E-state index in [1.165, 1.54) is 25.1 Å². The Morgan fingerprint density at radius 2 is 1.88 bits per heavy atom. The van der Waals surface area contributed by atoms with Gasteiger partial charge < -0.3 is 9.47 Å². The Bertz CT molecular complexity index is 805. The molecule has 2 heterocycles. The number of hydrogen-bond acceptors (Lipinski definition) is 3. The lowest BCUT2D eigenvalue weighted by atomic mass is 9.85. The third-order valence-corrected chi connectivity index (χ3v) is 5.84. The average molecular weight is 348 g/mol. The molecule has 1 aliphatic heterocycles. The number of nitriles is 1. The number of aromatic nitrogens is 2. The minimum atomic E-state index is 0.0609. The Balaban J connectivity index is 1.37. The smallest absolute Gasteiger partial charge is 0.253 e. The Morgan fingerprint density at radius 1 is 1.15 bits per heavy atom. The molecule has 1 aromatic carbocycles. The van der Waals surface area contributed by atoms with Gasteiger partial charge in [-0.3, -0.25) is 4.79 Å². The molecule has 0 bridgehead atoms. The van der Waals surface area contributed by atoms with E-state index >= 15 is 0 Å². The van der Waals surface area contributed by atoms with Crippen LogP contribution < -0.4 is 0 Å². The van der Waals surface area contributed by atoms with Crippen LogP contribution in [0.25, 0.3) is 0 Å². The number of piperidine rings is 1. The van der Waals surface area contributed by atoms with Crippen molar-refractivity contribution in [1.29, 1.82) is 5.26 Å². The van der Waals surface area contributed by atoms with Crippen molar-refractivity contribution in [1.82, 2.24) is 14.5 Å². The minimum absolute atomic E-state index is 0.0609. The van der Waals surface area contributed by atoms with E-state index in [9.17, 15) is 4.79 Å². The molecular formula is C21H24N4O. The summed E-state index contributed by atoms with van der Waals surface area (Å²) < 4.78 is 2.34. The molecule has 4 rings (SSSR count). The predicted molar refractivity (Wildman–Crippen MR) is 98.6 cm³/mol. The first-order valence-electron chi connectivity index (χ1n) is 9.55. The SMILES string of the molecule is N#Cc1ccc(C(=O)N2CCC(c3nccn3CC3CCC3)CC2)cc1. The number of carbonyl (C=O) groups excluding carboxylic acids is 1. The summed E-state index contributed by atoms with van der Waals surface area (Å²) >= 11 is 0. The highest BCUT2D eigenvalue weighted by atomic mass is 16.2. The van der Waals surface area contributed by atoms with E-state index in [0.717, 1.165) is 38.4 Å². The van der Waals surface area contributed by atoms with Crippen molar-refractivity contribution in [3.63, 3.8) is 0 Å². The normalized spacial score (nSPS) is 18.3. The molecule has 0 radical (unpaired) electrons. The molecule has 1 saturated carbocycles. The Hall–Kier alpha value is -2.61. The number of imidazole rings is 1. The molecule has 2 aliphatic rings. The van der Waals surface area contributed by atoms with Crippen molar-refractivity contribution in [3.8, 4) is 6.07 Å². The highest BCUT2D eigenvalue weighted by Crippen LogP contribution is 2.31. The molecule has 1 aromatic heterocycles. The predicted octanol–water partition coefficient (Wildman–Crippen LogP) is 3.57. The molecule has 0 spiro atoms. The van der Waals surface area contributed by atoms with Gasteiger partial charge in [0.05, 0.1) is 11.6 Å². The van der Waals surface area contributed by atoms with Gasteiger partial charge in [0.2, 0.25) is 0 Å². The van der Waals surface area contributed by atoms with E-state index in [1.54, 1.807) is 24.3 Å². The second-order valence-electron chi connectivity index (χ2n) is 7.49. The highest BCUT2D eigenvalue weighted by molar-refractivity contribution is 5.94. The number of hydrogen-bond donors (Lipinski definition) is 0. The lowest BCUT2D eigenvalue weighted by molar-refractivity contribution is 0.0710. The fourth-order valence-electron chi connectivity index (χ4n) is 4.00. The number of amides is 1. The van der Waals surface area contributed by atoms with Gasteiger partial charge in [0.25, 0.3) is 5.91 Å². The second kappa shape index (κ2) is 7.33. The first-order chi connectivity index (χ1) is 12.7. The van der Waals surface area contributed by atoms with Gasteiger partial charge in [-0.1, -0.05) is 6.42 Å². The molecule has 0 unspecified atom stereocenters. The van der Waals surface area contributed by atoms with Crippen molar-refractivity contribution in [2.24, 2.45) is 5.92 Å². The summed E-state index contributed by atoms with van der Waals surface area (Å²) in [5.74, 6) is 2.52. The molecule has 5 nitrogen and oxygen atoms in total. The van der Waals surface area contributed by atoms with Crippen LogP contribution in [-0.4, -0.2) is 33.4 Å². The molecule has 2 aromatic rings. The molecule has 134 valence electrons. The van der Waals surface area contributed by atoms with E-state index in [2.05, 4.69) is 21.8 Å². The third kappa shape index (κ3) is 3.37. The Labute approximate surface area is 154 Å². The molecule has 26 heavy (non-hydrogen) atoms. The van der Waals surface area contributed by atoms with Crippen molar-refractivity contribution in [3.05, 3.63) is 53.6 Å². The van der Waals surface area contributed by atoms with Crippen molar-refractivity contribution in [2.75, 3.05) is 13.1 Å². The van der Waals surface area contributed by atoms with Gasteiger partial charge >= 0.3 is 0 Å². The third-order valence-electron chi connectivity index (χ3n) is 5.84. The molecule has 2 fully saturated rings. The van der Waals surface area contributed by atoms with Crippen LogP contribution in [0.15, 0.2) is 36.7 Å². The van der Waals surface area contributed by atoms with E-state index in [0.29, 0.717) is 17.0 Å². The van der Waals surface area contributed by atoms with E-state index < -0.39 is 0 Å². The van der Waals surface area contributed by atoms with Crippen LogP contribution in [0.3, 0.4) is 0 Å². The van der Waals surface area contributed by atoms with E-state index in [4.69, 9.17) is 5.26 Å². The van der Waals surface area contributed by atoms with Gasteiger partial charge in [-0.15, -0.1) is 0 Å².